The van der Waals surface area contributed by atoms with E-state index in [0.717, 1.165) is 57.3 Å². The van der Waals surface area contributed by atoms with E-state index in [1.54, 1.807) is 7.11 Å². The lowest BCUT2D eigenvalue weighted by Gasteiger charge is -2.37. The summed E-state index contributed by atoms with van der Waals surface area (Å²) in [6, 6.07) is 7.91. The number of amides is 1. The van der Waals surface area contributed by atoms with Gasteiger partial charge in [-0.05, 0) is 43.0 Å². The fraction of sp³-hybridized carbons (Fsp3) is 0.667. The molecule has 1 aromatic rings. The summed E-state index contributed by atoms with van der Waals surface area (Å²) in [6.45, 7) is 8.13. The van der Waals surface area contributed by atoms with Crippen LogP contribution in [0.1, 0.15) is 18.4 Å². The van der Waals surface area contributed by atoms with E-state index >= 15 is 0 Å². The highest BCUT2D eigenvalue weighted by molar-refractivity contribution is 5.78. The number of ether oxygens (including phenoxy) is 2. The molecule has 2 heterocycles. The summed E-state index contributed by atoms with van der Waals surface area (Å²) in [7, 11) is 3.55. The van der Waals surface area contributed by atoms with E-state index < -0.39 is 0 Å². The van der Waals surface area contributed by atoms with Crippen molar-refractivity contribution in [2.45, 2.75) is 19.4 Å². The minimum Gasteiger partial charge on any atom is -0.497 e. The molecule has 0 spiro atoms. The Bertz CT molecular complexity index is 587. The van der Waals surface area contributed by atoms with Crippen molar-refractivity contribution >= 4 is 5.91 Å². The zero-order valence-corrected chi connectivity index (χ0v) is 16.7. The number of morpholine rings is 1. The number of likely N-dealkylation sites (tertiary alicyclic amines) is 1. The van der Waals surface area contributed by atoms with Gasteiger partial charge < -0.3 is 14.4 Å². The number of rotatable bonds is 7. The van der Waals surface area contributed by atoms with E-state index in [9.17, 15) is 4.79 Å². The van der Waals surface area contributed by atoms with Gasteiger partial charge in [0.05, 0.1) is 26.9 Å². The molecule has 0 N–H and O–H groups in total. The normalized spacial score (nSPS) is 21.8. The summed E-state index contributed by atoms with van der Waals surface area (Å²) in [4.78, 5) is 19.3. The first-order chi connectivity index (χ1) is 13.1. The Kier molecular flexibility index (Phi) is 7.50. The summed E-state index contributed by atoms with van der Waals surface area (Å²) >= 11 is 0. The molecule has 150 valence electrons. The van der Waals surface area contributed by atoms with Crippen molar-refractivity contribution < 1.29 is 14.3 Å². The van der Waals surface area contributed by atoms with Gasteiger partial charge in [-0.15, -0.1) is 0 Å². The third-order valence-corrected chi connectivity index (χ3v) is 5.59. The Hall–Kier alpha value is -1.63. The highest BCUT2D eigenvalue weighted by atomic mass is 16.5. The maximum absolute atomic E-state index is 12.7. The third kappa shape index (κ3) is 6.19. The molecule has 0 radical (unpaired) electrons. The van der Waals surface area contributed by atoms with Crippen LogP contribution in [0.5, 0.6) is 5.75 Å². The van der Waals surface area contributed by atoms with Gasteiger partial charge in [0.1, 0.15) is 5.75 Å². The third-order valence-electron chi connectivity index (χ3n) is 5.59. The lowest BCUT2D eigenvalue weighted by Crippen LogP contribution is -2.47. The van der Waals surface area contributed by atoms with Crippen molar-refractivity contribution in [3.8, 4) is 5.75 Å². The fourth-order valence-electron chi connectivity index (χ4n) is 4.00. The van der Waals surface area contributed by atoms with E-state index in [1.165, 1.54) is 12.8 Å². The van der Waals surface area contributed by atoms with Crippen LogP contribution in [0.2, 0.25) is 0 Å². The number of likely N-dealkylation sites (N-methyl/N-ethyl adjacent to an activating group) is 1. The zero-order chi connectivity index (χ0) is 19.1. The summed E-state index contributed by atoms with van der Waals surface area (Å²) < 4.78 is 10.6. The fourth-order valence-corrected chi connectivity index (χ4v) is 4.00. The maximum atomic E-state index is 12.7. The molecule has 0 saturated carbocycles. The zero-order valence-electron chi connectivity index (χ0n) is 16.7. The van der Waals surface area contributed by atoms with E-state index in [2.05, 4.69) is 9.80 Å². The van der Waals surface area contributed by atoms with Gasteiger partial charge in [-0.3, -0.25) is 14.6 Å². The van der Waals surface area contributed by atoms with Crippen LogP contribution >= 0.6 is 0 Å². The van der Waals surface area contributed by atoms with Crippen LogP contribution < -0.4 is 4.74 Å². The molecule has 2 fully saturated rings. The largest absolute Gasteiger partial charge is 0.497 e. The minimum absolute atomic E-state index is 0.192. The van der Waals surface area contributed by atoms with E-state index in [4.69, 9.17) is 9.47 Å². The predicted molar refractivity (Wildman–Crippen MR) is 106 cm³/mol. The molecular weight excluding hydrogens is 342 g/mol. The van der Waals surface area contributed by atoms with E-state index in [0.29, 0.717) is 19.0 Å². The Morgan fingerprint density at radius 3 is 2.63 bits per heavy atom. The van der Waals surface area contributed by atoms with Crippen molar-refractivity contribution in [2.75, 3.05) is 66.6 Å². The van der Waals surface area contributed by atoms with Crippen LogP contribution in [0.3, 0.4) is 0 Å². The van der Waals surface area contributed by atoms with Crippen LogP contribution in [0, 0.1) is 5.92 Å². The minimum atomic E-state index is 0.192. The number of benzene rings is 1. The molecule has 0 bridgehead atoms. The molecule has 1 amide bonds. The molecule has 0 aromatic heterocycles. The number of carbonyl (C=O) groups is 1. The topological polar surface area (TPSA) is 45.2 Å². The van der Waals surface area contributed by atoms with Crippen molar-refractivity contribution in [3.05, 3.63) is 29.8 Å². The van der Waals surface area contributed by atoms with Crippen LogP contribution in [-0.2, 0) is 16.1 Å². The van der Waals surface area contributed by atoms with Crippen LogP contribution in [0.4, 0.5) is 0 Å². The highest BCUT2D eigenvalue weighted by Crippen LogP contribution is 2.19. The summed E-state index contributed by atoms with van der Waals surface area (Å²) in [6.07, 6.45) is 2.45. The SMILES string of the molecule is COc1ccc(CN(C)C(=O)CN2CCC[C@H](CN3CCOCC3)C2)cc1. The summed E-state index contributed by atoms with van der Waals surface area (Å²) in [5.74, 6) is 1.70. The molecule has 27 heavy (non-hydrogen) atoms. The van der Waals surface area contributed by atoms with Crippen LogP contribution in [-0.4, -0.2) is 87.2 Å². The van der Waals surface area contributed by atoms with Crippen molar-refractivity contribution in [1.82, 2.24) is 14.7 Å². The van der Waals surface area contributed by atoms with Crippen molar-refractivity contribution in [2.24, 2.45) is 5.92 Å². The second-order valence-corrected chi connectivity index (χ2v) is 7.75. The predicted octanol–water partition coefficient (Wildman–Crippen LogP) is 1.70. The van der Waals surface area contributed by atoms with Gasteiger partial charge in [-0.2, -0.15) is 0 Å². The van der Waals surface area contributed by atoms with Gasteiger partial charge in [-0.25, -0.2) is 0 Å². The first kappa shape index (κ1) is 20.1. The van der Waals surface area contributed by atoms with Crippen molar-refractivity contribution in [1.29, 1.82) is 0 Å². The van der Waals surface area contributed by atoms with Gasteiger partial charge >= 0.3 is 0 Å². The van der Waals surface area contributed by atoms with E-state index in [-0.39, 0.29) is 5.91 Å². The molecule has 2 saturated heterocycles. The van der Waals surface area contributed by atoms with E-state index in [1.807, 2.05) is 36.2 Å². The van der Waals surface area contributed by atoms with Crippen molar-refractivity contribution in [3.63, 3.8) is 0 Å². The number of nitrogens with zero attached hydrogens (tertiary/aromatic N) is 3. The first-order valence-corrected chi connectivity index (χ1v) is 10.0. The summed E-state index contributed by atoms with van der Waals surface area (Å²) in [5.41, 5.74) is 1.12. The second kappa shape index (κ2) is 10.1. The lowest BCUT2D eigenvalue weighted by atomic mass is 9.97. The van der Waals surface area contributed by atoms with Gasteiger partial charge in [0.15, 0.2) is 0 Å². The number of hydrogen-bond acceptors (Lipinski definition) is 5. The average molecular weight is 376 g/mol. The monoisotopic (exact) mass is 375 g/mol. The van der Waals surface area contributed by atoms with Gasteiger partial charge in [0.2, 0.25) is 5.91 Å². The molecule has 1 aromatic carbocycles. The summed E-state index contributed by atoms with van der Waals surface area (Å²) in [5, 5.41) is 0. The Labute approximate surface area is 163 Å². The average Bonchev–Trinajstić information content (AvgIpc) is 2.69. The van der Waals surface area contributed by atoms with Gasteiger partial charge in [-0.1, -0.05) is 12.1 Å². The molecule has 2 aliphatic rings. The number of piperidine rings is 1. The van der Waals surface area contributed by atoms with Gasteiger partial charge in [0.25, 0.3) is 0 Å². The number of carbonyl (C=O) groups excluding carboxylic acids is 1. The molecule has 3 rings (SSSR count). The molecule has 2 aliphatic heterocycles. The Morgan fingerprint density at radius 2 is 1.93 bits per heavy atom. The first-order valence-electron chi connectivity index (χ1n) is 10.0. The molecule has 6 heteroatoms. The molecule has 1 atom stereocenters. The highest BCUT2D eigenvalue weighted by Gasteiger charge is 2.25. The smallest absolute Gasteiger partial charge is 0.236 e. The Morgan fingerprint density at radius 1 is 1.19 bits per heavy atom. The number of hydrogen-bond donors (Lipinski definition) is 0. The quantitative estimate of drug-likeness (QED) is 0.726. The second-order valence-electron chi connectivity index (χ2n) is 7.75. The number of methoxy groups -OCH3 is 1. The lowest BCUT2D eigenvalue weighted by molar-refractivity contribution is -0.132. The van der Waals surface area contributed by atoms with Crippen LogP contribution in [0.25, 0.3) is 0 Å². The van der Waals surface area contributed by atoms with Gasteiger partial charge in [0, 0.05) is 39.8 Å². The molecule has 0 aliphatic carbocycles. The molecular formula is C21H33N3O3. The maximum Gasteiger partial charge on any atom is 0.236 e. The molecule has 0 unspecified atom stereocenters. The Balaban J connectivity index is 1.44. The standard InChI is InChI=1S/C21H33N3O3/c1-22(14-18-5-7-20(26-2)8-6-18)21(25)17-24-9-3-4-19(16-24)15-23-10-12-27-13-11-23/h5-8,19H,3-4,9-17H2,1-2H3/t19-/m1/s1. The molecule has 6 nitrogen and oxygen atoms in total. The van der Waals surface area contributed by atoms with Crippen LogP contribution in [0.15, 0.2) is 24.3 Å².